The second-order valence-corrected chi connectivity index (χ2v) is 4.46. The smallest absolute Gasteiger partial charge is 0.296 e. The molecule has 1 aromatic heterocycles. The molecule has 0 amide bonds. The predicted octanol–water partition coefficient (Wildman–Crippen LogP) is 1.40. The summed E-state index contributed by atoms with van der Waals surface area (Å²) < 4.78 is 20.9. The maximum absolute atomic E-state index is 11.6. The van der Waals surface area contributed by atoms with Crippen LogP contribution in [0.3, 0.4) is 0 Å². The highest BCUT2D eigenvalue weighted by Gasteiger charge is 2.14. The van der Waals surface area contributed by atoms with E-state index >= 15 is 0 Å². The van der Waals surface area contributed by atoms with E-state index in [9.17, 15) is 4.79 Å². The minimum absolute atomic E-state index is 0.176. The SMILES string of the molecule is COc1nc(Cc2cc(OC)c(OC)c(OC)c2)cc(=O)[nH]1. The van der Waals surface area contributed by atoms with E-state index in [4.69, 9.17) is 18.9 Å². The molecule has 2 aromatic rings. The van der Waals surface area contributed by atoms with Crippen LogP contribution in [0.4, 0.5) is 0 Å². The molecule has 118 valence electrons. The monoisotopic (exact) mass is 306 g/mol. The number of nitrogens with one attached hydrogen (secondary N) is 1. The van der Waals surface area contributed by atoms with Crippen molar-refractivity contribution in [2.75, 3.05) is 28.4 Å². The van der Waals surface area contributed by atoms with Gasteiger partial charge in [-0.05, 0) is 17.7 Å². The maximum atomic E-state index is 11.6. The molecule has 0 fully saturated rings. The van der Waals surface area contributed by atoms with Crippen molar-refractivity contribution in [3.63, 3.8) is 0 Å². The topological polar surface area (TPSA) is 82.7 Å². The van der Waals surface area contributed by atoms with Gasteiger partial charge in [0.05, 0.1) is 34.1 Å². The molecule has 1 aromatic carbocycles. The molecule has 7 heteroatoms. The molecule has 0 saturated heterocycles. The summed E-state index contributed by atoms with van der Waals surface area (Å²) in [7, 11) is 6.09. The predicted molar refractivity (Wildman–Crippen MR) is 80.3 cm³/mol. The van der Waals surface area contributed by atoms with Crippen LogP contribution in [0, 0.1) is 0 Å². The molecule has 0 aliphatic heterocycles. The van der Waals surface area contributed by atoms with Gasteiger partial charge in [-0.15, -0.1) is 0 Å². The number of aromatic nitrogens is 2. The average Bonchev–Trinajstić information content (AvgIpc) is 2.53. The molecule has 0 spiro atoms. The van der Waals surface area contributed by atoms with Gasteiger partial charge in [-0.1, -0.05) is 0 Å². The van der Waals surface area contributed by atoms with Crippen LogP contribution in [0.15, 0.2) is 23.0 Å². The lowest BCUT2D eigenvalue weighted by Crippen LogP contribution is -2.10. The maximum Gasteiger partial charge on any atom is 0.296 e. The van der Waals surface area contributed by atoms with E-state index in [1.165, 1.54) is 13.2 Å². The van der Waals surface area contributed by atoms with Gasteiger partial charge in [-0.3, -0.25) is 9.78 Å². The number of hydrogen-bond acceptors (Lipinski definition) is 6. The third-order valence-electron chi connectivity index (χ3n) is 3.08. The summed E-state index contributed by atoms with van der Waals surface area (Å²) in [4.78, 5) is 18.3. The first-order valence-corrected chi connectivity index (χ1v) is 6.54. The van der Waals surface area contributed by atoms with E-state index in [0.29, 0.717) is 29.4 Å². The number of H-pyrrole nitrogens is 1. The molecule has 1 heterocycles. The van der Waals surface area contributed by atoms with Crippen molar-refractivity contribution in [1.29, 1.82) is 0 Å². The Hall–Kier alpha value is -2.70. The number of nitrogens with zero attached hydrogens (tertiary/aromatic N) is 1. The first kappa shape index (κ1) is 15.7. The molecule has 0 aliphatic rings. The summed E-state index contributed by atoms with van der Waals surface area (Å²) in [6.07, 6.45) is 0.428. The van der Waals surface area contributed by atoms with Gasteiger partial charge in [-0.2, -0.15) is 0 Å². The standard InChI is InChI=1S/C15H18N2O5/c1-19-11-6-9(7-12(20-2)14(11)21-3)5-10-8-13(18)17-15(16-10)22-4/h6-8H,5H2,1-4H3,(H,16,17,18). The Morgan fingerprint density at radius 1 is 0.955 bits per heavy atom. The fourth-order valence-corrected chi connectivity index (χ4v) is 2.12. The summed E-state index contributed by atoms with van der Waals surface area (Å²) in [6, 6.07) is 5.23. The summed E-state index contributed by atoms with van der Waals surface area (Å²) in [6.45, 7) is 0. The minimum Gasteiger partial charge on any atom is -0.493 e. The Morgan fingerprint density at radius 2 is 1.59 bits per heavy atom. The van der Waals surface area contributed by atoms with Crippen LogP contribution < -0.4 is 24.5 Å². The van der Waals surface area contributed by atoms with Gasteiger partial charge >= 0.3 is 0 Å². The first-order valence-electron chi connectivity index (χ1n) is 6.54. The number of hydrogen-bond donors (Lipinski definition) is 1. The first-order chi connectivity index (χ1) is 10.6. The molecule has 7 nitrogen and oxygen atoms in total. The van der Waals surface area contributed by atoms with Gasteiger partial charge in [0.25, 0.3) is 11.6 Å². The Balaban J connectivity index is 2.41. The number of methoxy groups -OCH3 is 4. The lowest BCUT2D eigenvalue weighted by Gasteiger charge is -2.14. The zero-order valence-electron chi connectivity index (χ0n) is 12.9. The van der Waals surface area contributed by atoms with Gasteiger partial charge in [0.2, 0.25) is 5.75 Å². The normalized spacial score (nSPS) is 10.2. The fraction of sp³-hybridized carbons (Fsp3) is 0.333. The summed E-state index contributed by atoms with van der Waals surface area (Å²) in [5, 5.41) is 0. The highest BCUT2D eigenvalue weighted by molar-refractivity contribution is 5.54. The zero-order valence-corrected chi connectivity index (χ0v) is 12.9. The van der Waals surface area contributed by atoms with Crippen LogP contribution in [0.25, 0.3) is 0 Å². The number of aromatic amines is 1. The van der Waals surface area contributed by atoms with Gasteiger partial charge in [-0.25, -0.2) is 4.98 Å². The van der Waals surface area contributed by atoms with Crippen molar-refractivity contribution in [2.24, 2.45) is 0 Å². The molecular formula is C15H18N2O5. The van der Waals surface area contributed by atoms with Crippen LogP contribution in [0.2, 0.25) is 0 Å². The Kier molecular flexibility index (Phi) is 4.88. The van der Waals surface area contributed by atoms with Crippen molar-refractivity contribution in [2.45, 2.75) is 6.42 Å². The van der Waals surface area contributed by atoms with Gasteiger partial charge in [0, 0.05) is 12.5 Å². The van der Waals surface area contributed by atoms with E-state index in [1.54, 1.807) is 21.3 Å². The number of ether oxygens (including phenoxy) is 4. The molecule has 22 heavy (non-hydrogen) atoms. The highest BCUT2D eigenvalue weighted by atomic mass is 16.5. The lowest BCUT2D eigenvalue weighted by atomic mass is 10.1. The van der Waals surface area contributed by atoms with Crippen LogP contribution in [0.5, 0.6) is 23.3 Å². The van der Waals surface area contributed by atoms with Gasteiger partial charge < -0.3 is 18.9 Å². The molecule has 0 aliphatic carbocycles. The lowest BCUT2D eigenvalue weighted by molar-refractivity contribution is 0.324. The van der Waals surface area contributed by atoms with Crippen LogP contribution >= 0.6 is 0 Å². The Bertz CT molecular complexity index is 686. The van der Waals surface area contributed by atoms with Crippen LogP contribution in [-0.4, -0.2) is 38.4 Å². The fourth-order valence-electron chi connectivity index (χ4n) is 2.12. The van der Waals surface area contributed by atoms with Gasteiger partial charge in [0.15, 0.2) is 11.5 Å². The zero-order chi connectivity index (χ0) is 16.1. The van der Waals surface area contributed by atoms with Crippen molar-refractivity contribution < 1.29 is 18.9 Å². The van der Waals surface area contributed by atoms with E-state index in [-0.39, 0.29) is 11.6 Å². The quantitative estimate of drug-likeness (QED) is 0.868. The third-order valence-corrected chi connectivity index (χ3v) is 3.08. The molecule has 0 saturated carbocycles. The third kappa shape index (κ3) is 3.30. The Labute approximate surface area is 127 Å². The number of rotatable bonds is 6. The molecule has 0 bridgehead atoms. The van der Waals surface area contributed by atoms with E-state index in [1.807, 2.05) is 12.1 Å². The molecule has 0 radical (unpaired) electrons. The minimum atomic E-state index is -0.269. The van der Waals surface area contributed by atoms with Crippen molar-refractivity contribution in [3.05, 3.63) is 39.8 Å². The van der Waals surface area contributed by atoms with Gasteiger partial charge in [0.1, 0.15) is 0 Å². The Morgan fingerprint density at radius 3 is 2.09 bits per heavy atom. The molecule has 1 N–H and O–H groups in total. The molecule has 0 unspecified atom stereocenters. The second-order valence-electron chi connectivity index (χ2n) is 4.46. The summed E-state index contributed by atoms with van der Waals surface area (Å²) >= 11 is 0. The largest absolute Gasteiger partial charge is 0.493 e. The average molecular weight is 306 g/mol. The van der Waals surface area contributed by atoms with Crippen LogP contribution in [0.1, 0.15) is 11.3 Å². The van der Waals surface area contributed by atoms with Crippen molar-refractivity contribution in [3.8, 4) is 23.3 Å². The van der Waals surface area contributed by atoms with E-state index in [0.717, 1.165) is 5.56 Å². The van der Waals surface area contributed by atoms with Crippen molar-refractivity contribution in [1.82, 2.24) is 9.97 Å². The van der Waals surface area contributed by atoms with E-state index < -0.39 is 0 Å². The van der Waals surface area contributed by atoms with E-state index in [2.05, 4.69) is 9.97 Å². The summed E-state index contributed by atoms with van der Waals surface area (Å²) in [5.41, 5.74) is 1.18. The number of benzene rings is 1. The molecule has 0 atom stereocenters. The van der Waals surface area contributed by atoms with Crippen molar-refractivity contribution >= 4 is 0 Å². The molecular weight excluding hydrogens is 288 g/mol. The molecule has 2 rings (SSSR count). The van der Waals surface area contributed by atoms with Crippen LogP contribution in [-0.2, 0) is 6.42 Å². The summed E-state index contributed by atoms with van der Waals surface area (Å²) in [5.74, 6) is 1.62. The highest BCUT2D eigenvalue weighted by Crippen LogP contribution is 2.38. The second kappa shape index (κ2) is 6.84.